The Kier molecular flexibility index (Phi) is 12.4. The van der Waals surface area contributed by atoms with Crippen LogP contribution in [0.3, 0.4) is 0 Å². The summed E-state index contributed by atoms with van der Waals surface area (Å²) in [7, 11) is 0. The number of aliphatic hydroxyl groups is 3. The van der Waals surface area contributed by atoms with Gasteiger partial charge in [-0.15, -0.1) is 0 Å². The van der Waals surface area contributed by atoms with E-state index >= 15 is 0 Å². The molecule has 158 valence electrons. The van der Waals surface area contributed by atoms with Crippen molar-refractivity contribution in [2.45, 2.75) is 82.4 Å². The second kappa shape index (κ2) is 14.3. The van der Waals surface area contributed by atoms with Gasteiger partial charge in [0.25, 0.3) is 0 Å². The molecule has 0 bridgehead atoms. The van der Waals surface area contributed by atoms with Crippen molar-refractivity contribution in [1.82, 2.24) is 0 Å². The summed E-state index contributed by atoms with van der Waals surface area (Å²) in [5.41, 5.74) is 0. The molecule has 0 spiro atoms. The smallest absolute Gasteiger partial charge is 0.303 e. The summed E-state index contributed by atoms with van der Waals surface area (Å²) in [5.74, 6) is -0.784. The molecule has 6 nitrogen and oxygen atoms in total. The van der Waals surface area contributed by atoms with Crippen LogP contribution < -0.4 is 0 Å². The Balaban J connectivity index is 2.18. The van der Waals surface area contributed by atoms with Gasteiger partial charge in [-0.3, -0.25) is 4.79 Å². The molecule has 1 aliphatic heterocycles. The summed E-state index contributed by atoms with van der Waals surface area (Å²) < 4.78 is 5.63. The maximum atomic E-state index is 10.3. The van der Waals surface area contributed by atoms with E-state index in [1.807, 2.05) is 43.4 Å². The van der Waals surface area contributed by atoms with Gasteiger partial charge in [-0.2, -0.15) is 0 Å². The van der Waals surface area contributed by atoms with Gasteiger partial charge in [-0.1, -0.05) is 55.5 Å². The predicted octanol–water partition coefficient (Wildman–Crippen LogP) is 2.90. The van der Waals surface area contributed by atoms with Gasteiger partial charge in [0, 0.05) is 12.8 Å². The summed E-state index contributed by atoms with van der Waals surface area (Å²) >= 11 is 0. The molecule has 1 rings (SSSR count). The first-order valence-electron chi connectivity index (χ1n) is 9.98. The van der Waals surface area contributed by atoms with Crippen molar-refractivity contribution in [3.8, 4) is 0 Å². The number of ether oxygens (including phenoxy) is 1. The topological polar surface area (TPSA) is 107 Å². The molecular formula is C22H34O6. The number of aliphatic hydroxyl groups excluding tert-OH is 3. The molecule has 1 fully saturated rings. The van der Waals surface area contributed by atoms with Crippen LogP contribution in [0.25, 0.3) is 0 Å². The summed E-state index contributed by atoms with van der Waals surface area (Å²) in [5, 5.41) is 38.3. The number of carboxylic acids is 1. The Labute approximate surface area is 167 Å². The Bertz CT molecular complexity index is 551. The fourth-order valence-electron chi connectivity index (χ4n) is 2.82. The molecule has 0 aromatic carbocycles. The van der Waals surface area contributed by atoms with E-state index in [4.69, 9.17) is 9.84 Å². The van der Waals surface area contributed by atoms with Gasteiger partial charge in [-0.05, 0) is 32.1 Å². The molecule has 1 saturated heterocycles. The first kappa shape index (κ1) is 24.3. The Hall–Kier alpha value is -1.73. The van der Waals surface area contributed by atoms with Gasteiger partial charge >= 0.3 is 5.97 Å². The molecular weight excluding hydrogens is 360 g/mol. The fourth-order valence-corrected chi connectivity index (χ4v) is 2.82. The van der Waals surface area contributed by atoms with E-state index in [1.54, 1.807) is 12.2 Å². The SMILES string of the molecule is CC[C@H](O)[C@@H]1C[C@@H](O)[C@H](/C=C/[C@@H](O)C/C=C\C/C=C\C/C=C\CCC(=O)O)O1. The molecule has 0 radical (unpaired) electrons. The van der Waals surface area contributed by atoms with Crippen molar-refractivity contribution < 1.29 is 30.0 Å². The molecule has 0 aromatic rings. The quantitative estimate of drug-likeness (QED) is 0.358. The molecule has 28 heavy (non-hydrogen) atoms. The number of rotatable bonds is 13. The lowest BCUT2D eigenvalue weighted by molar-refractivity contribution is -0.136. The Morgan fingerprint density at radius 3 is 2.39 bits per heavy atom. The van der Waals surface area contributed by atoms with Gasteiger partial charge < -0.3 is 25.2 Å². The van der Waals surface area contributed by atoms with Gasteiger partial charge in [0.1, 0.15) is 6.10 Å². The summed E-state index contributed by atoms with van der Waals surface area (Å²) in [4.78, 5) is 10.3. The average Bonchev–Trinajstić information content (AvgIpc) is 3.04. The number of aliphatic carboxylic acids is 1. The lowest BCUT2D eigenvalue weighted by atomic mass is 10.1. The molecule has 6 heteroatoms. The zero-order valence-electron chi connectivity index (χ0n) is 16.6. The molecule has 0 saturated carbocycles. The zero-order valence-corrected chi connectivity index (χ0v) is 16.6. The largest absolute Gasteiger partial charge is 0.481 e. The molecule has 1 aliphatic rings. The van der Waals surface area contributed by atoms with Crippen molar-refractivity contribution in [3.63, 3.8) is 0 Å². The van der Waals surface area contributed by atoms with Crippen molar-refractivity contribution in [2.75, 3.05) is 0 Å². The highest BCUT2D eigenvalue weighted by molar-refractivity contribution is 5.66. The van der Waals surface area contributed by atoms with Gasteiger partial charge in [0.05, 0.1) is 24.4 Å². The number of carbonyl (C=O) groups is 1. The van der Waals surface area contributed by atoms with E-state index < -0.39 is 30.4 Å². The summed E-state index contributed by atoms with van der Waals surface area (Å²) in [6.45, 7) is 1.87. The lowest BCUT2D eigenvalue weighted by Gasteiger charge is -2.16. The third-order valence-corrected chi connectivity index (χ3v) is 4.50. The van der Waals surface area contributed by atoms with Gasteiger partial charge in [-0.25, -0.2) is 0 Å². The first-order valence-corrected chi connectivity index (χ1v) is 9.98. The molecule has 4 N–H and O–H groups in total. The summed E-state index contributed by atoms with van der Waals surface area (Å²) in [6.07, 6.45) is 16.0. The molecule has 5 atom stereocenters. The van der Waals surface area contributed by atoms with Crippen LogP contribution in [0.4, 0.5) is 0 Å². The van der Waals surface area contributed by atoms with Crippen LogP contribution in [0.15, 0.2) is 48.6 Å². The van der Waals surface area contributed by atoms with E-state index in [2.05, 4.69) is 0 Å². The summed E-state index contributed by atoms with van der Waals surface area (Å²) in [6, 6.07) is 0. The van der Waals surface area contributed by atoms with Crippen LogP contribution >= 0.6 is 0 Å². The second-order valence-electron chi connectivity index (χ2n) is 6.92. The fraction of sp³-hybridized carbons (Fsp3) is 0.591. The number of hydrogen-bond acceptors (Lipinski definition) is 5. The van der Waals surface area contributed by atoms with Gasteiger partial charge in [0.15, 0.2) is 0 Å². The van der Waals surface area contributed by atoms with E-state index in [9.17, 15) is 20.1 Å². The predicted molar refractivity (Wildman–Crippen MR) is 109 cm³/mol. The molecule has 0 amide bonds. The zero-order chi connectivity index (χ0) is 20.8. The number of hydrogen-bond donors (Lipinski definition) is 4. The first-order chi connectivity index (χ1) is 13.4. The number of allylic oxidation sites excluding steroid dienone is 5. The van der Waals surface area contributed by atoms with Crippen molar-refractivity contribution in [2.24, 2.45) is 0 Å². The second-order valence-corrected chi connectivity index (χ2v) is 6.92. The van der Waals surface area contributed by atoms with Crippen molar-refractivity contribution >= 4 is 5.97 Å². The molecule has 0 aromatic heterocycles. The minimum absolute atomic E-state index is 0.160. The minimum atomic E-state index is -0.784. The van der Waals surface area contributed by atoms with E-state index in [0.717, 1.165) is 12.8 Å². The van der Waals surface area contributed by atoms with Crippen LogP contribution in [0.2, 0.25) is 0 Å². The van der Waals surface area contributed by atoms with Crippen molar-refractivity contribution in [1.29, 1.82) is 0 Å². The van der Waals surface area contributed by atoms with Crippen LogP contribution in [0, 0.1) is 0 Å². The Morgan fingerprint density at radius 1 is 1.11 bits per heavy atom. The third-order valence-electron chi connectivity index (χ3n) is 4.50. The lowest BCUT2D eigenvalue weighted by Crippen LogP contribution is -2.25. The highest BCUT2D eigenvalue weighted by Crippen LogP contribution is 2.25. The van der Waals surface area contributed by atoms with Crippen LogP contribution in [-0.2, 0) is 9.53 Å². The maximum Gasteiger partial charge on any atom is 0.303 e. The van der Waals surface area contributed by atoms with Crippen LogP contribution in [0.1, 0.15) is 51.9 Å². The molecule has 0 unspecified atom stereocenters. The molecule has 1 heterocycles. The normalized spacial score (nSPS) is 25.5. The van der Waals surface area contributed by atoms with E-state index in [1.165, 1.54) is 0 Å². The Morgan fingerprint density at radius 2 is 1.75 bits per heavy atom. The van der Waals surface area contributed by atoms with Crippen LogP contribution in [0.5, 0.6) is 0 Å². The van der Waals surface area contributed by atoms with Gasteiger partial charge in [0.2, 0.25) is 0 Å². The molecule has 0 aliphatic carbocycles. The number of carboxylic acid groups (broad SMARTS) is 1. The third kappa shape index (κ3) is 10.6. The monoisotopic (exact) mass is 394 g/mol. The van der Waals surface area contributed by atoms with E-state index in [0.29, 0.717) is 25.7 Å². The van der Waals surface area contributed by atoms with E-state index in [-0.39, 0.29) is 12.5 Å². The highest BCUT2D eigenvalue weighted by atomic mass is 16.5. The standard InChI is InChI=1S/C22H34O6/c1-2-18(24)21-16-19(25)20(28-21)15-14-17(23)12-10-8-6-4-3-5-7-9-11-13-22(26)27/h3-4,7-10,14-15,17-21,23-25H,2,5-6,11-13,16H2,1H3,(H,26,27)/b4-3-,9-7-,10-8-,15-14+/t17-,18-,19+,20-,21-/m0/s1. The average molecular weight is 395 g/mol. The van der Waals surface area contributed by atoms with Crippen LogP contribution in [-0.4, -0.2) is 56.9 Å². The highest BCUT2D eigenvalue weighted by Gasteiger charge is 2.35. The van der Waals surface area contributed by atoms with Crippen molar-refractivity contribution in [3.05, 3.63) is 48.6 Å². The maximum absolute atomic E-state index is 10.3. The minimum Gasteiger partial charge on any atom is -0.481 e.